The molecule has 0 fully saturated rings. The Balaban J connectivity index is 1.60. The number of carbonyl (C=O) groups excluding carboxylic acids is 2. The first-order valence-corrected chi connectivity index (χ1v) is 10.3. The van der Waals surface area contributed by atoms with E-state index >= 15 is 0 Å². The summed E-state index contributed by atoms with van der Waals surface area (Å²) in [5, 5.41) is 10.7. The van der Waals surface area contributed by atoms with Crippen LogP contribution in [0, 0.1) is 0 Å². The van der Waals surface area contributed by atoms with Crippen molar-refractivity contribution in [3.63, 3.8) is 0 Å². The maximum absolute atomic E-state index is 12.7. The number of hydrogen-bond donors (Lipinski definition) is 2. The Kier molecular flexibility index (Phi) is 7.31. The molecular formula is C23H25ClN4O3. The lowest BCUT2D eigenvalue weighted by Crippen LogP contribution is -2.35. The molecule has 0 aliphatic heterocycles. The van der Waals surface area contributed by atoms with Crippen LogP contribution in [0.5, 0.6) is 5.75 Å². The van der Waals surface area contributed by atoms with E-state index in [9.17, 15) is 9.59 Å². The molecule has 0 aliphatic rings. The van der Waals surface area contributed by atoms with Crippen molar-refractivity contribution in [1.29, 1.82) is 0 Å². The third-order valence-corrected chi connectivity index (χ3v) is 4.97. The number of rotatable bonds is 8. The lowest BCUT2D eigenvalue weighted by Gasteiger charge is -2.13. The molecule has 1 heterocycles. The Labute approximate surface area is 186 Å². The van der Waals surface area contributed by atoms with Crippen LogP contribution in [0.25, 0.3) is 5.69 Å². The highest BCUT2D eigenvalue weighted by Crippen LogP contribution is 2.24. The molecule has 0 spiro atoms. The second kappa shape index (κ2) is 10.1. The largest absolute Gasteiger partial charge is 0.497 e. The standard InChI is InChI=1S/C23H25ClN4O3/c1-15(2)21-20(14-27-28(21)18-8-6-17(24)7-9-18)23(30)26-13-12-25-22(29)16-4-10-19(31-3)11-5-16/h4-11,14-15H,12-13H2,1-3H3,(H,25,29)(H,26,30). The Morgan fingerprint density at radius 2 is 1.61 bits per heavy atom. The maximum atomic E-state index is 12.7. The second-order valence-corrected chi connectivity index (χ2v) is 7.66. The molecule has 0 bridgehead atoms. The molecule has 0 atom stereocenters. The van der Waals surface area contributed by atoms with Crippen LogP contribution in [-0.2, 0) is 0 Å². The summed E-state index contributed by atoms with van der Waals surface area (Å²) < 4.78 is 6.84. The number of benzene rings is 2. The van der Waals surface area contributed by atoms with Gasteiger partial charge in [0.2, 0.25) is 0 Å². The molecule has 2 amide bonds. The number of nitrogens with one attached hydrogen (secondary N) is 2. The summed E-state index contributed by atoms with van der Waals surface area (Å²) >= 11 is 5.97. The van der Waals surface area contributed by atoms with Crippen LogP contribution < -0.4 is 15.4 Å². The summed E-state index contributed by atoms with van der Waals surface area (Å²) in [6, 6.07) is 14.1. The van der Waals surface area contributed by atoms with Crippen molar-refractivity contribution in [1.82, 2.24) is 20.4 Å². The molecule has 0 aliphatic carbocycles. The Morgan fingerprint density at radius 3 is 2.19 bits per heavy atom. The van der Waals surface area contributed by atoms with Gasteiger partial charge < -0.3 is 15.4 Å². The fraction of sp³-hybridized carbons (Fsp3) is 0.261. The monoisotopic (exact) mass is 440 g/mol. The SMILES string of the molecule is COc1ccc(C(=O)NCCNC(=O)c2cnn(-c3ccc(Cl)cc3)c2C(C)C)cc1. The molecule has 0 saturated carbocycles. The van der Waals surface area contributed by atoms with E-state index in [2.05, 4.69) is 15.7 Å². The molecule has 2 aromatic carbocycles. The van der Waals surface area contributed by atoms with Gasteiger partial charge in [0, 0.05) is 23.7 Å². The van der Waals surface area contributed by atoms with E-state index in [-0.39, 0.29) is 17.7 Å². The zero-order valence-corrected chi connectivity index (χ0v) is 18.4. The number of carbonyl (C=O) groups is 2. The molecule has 2 N–H and O–H groups in total. The van der Waals surface area contributed by atoms with Gasteiger partial charge in [-0.2, -0.15) is 5.10 Å². The zero-order valence-electron chi connectivity index (χ0n) is 17.7. The van der Waals surface area contributed by atoms with Gasteiger partial charge >= 0.3 is 0 Å². The topological polar surface area (TPSA) is 85.2 Å². The summed E-state index contributed by atoms with van der Waals surface area (Å²) in [5.74, 6) is 0.315. The van der Waals surface area contributed by atoms with Gasteiger partial charge in [-0.3, -0.25) is 9.59 Å². The zero-order chi connectivity index (χ0) is 22.4. The van der Waals surface area contributed by atoms with Gasteiger partial charge in [-0.05, 0) is 54.4 Å². The first kappa shape index (κ1) is 22.4. The first-order chi connectivity index (χ1) is 14.9. The van der Waals surface area contributed by atoms with Crippen molar-refractivity contribution in [3.8, 4) is 11.4 Å². The van der Waals surface area contributed by atoms with E-state index in [1.165, 1.54) is 0 Å². The van der Waals surface area contributed by atoms with E-state index < -0.39 is 0 Å². The van der Waals surface area contributed by atoms with Crippen LogP contribution in [0.3, 0.4) is 0 Å². The molecule has 3 rings (SSSR count). The highest BCUT2D eigenvalue weighted by molar-refractivity contribution is 6.30. The van der Waals surface area contributed by atoms with Crippen molar-refractivity contribution < 1.29 is 14.3 Å². The Bertz CT molecular complexity index is 1040. The summed E-state index contributed by atoms with van der Waals surface area (Å²) in [7, 11) is 1.57. The van der Waals surface area contributed by atoms with Crippen LogP contribution in [0.15, 0.2) is 54.7 Å². The van der Waals surface area contributed by atoms with Crippen LogP contribution in [0.2, 0.25) is 5.02 Å². The van der Waals surface area contributed by atoms with Crippen molar-refractivity contribution in [2.24, 2.45) is 0 Å². The third kappa shape index (κ3) is 5.44. The van der Waals surface area contributed by atoms with E-state index in [1.807, 2.05) is 26.0 Å². The van der Waals surface area contributed by atoms with Crippen LogP contribution in [-0.4, -0.2) is 41.8 Å². The number of methoxy groups -OCH3 is 1. The molecule has 7 nitrogen and oxygen atoms in total. The average molecular weight is 441 g/mol. The van der Waals surface area contributed by atoms with E-state index in [4.69, 9.17) is 16.3 Å². The second-order valence-electron chi connectivity index (χ2n) is 7.23. The normalized spacial score (nSPS) is 10.7. The van der Waals surface area contributed by atoms with Crippen LogP contribution in [0.4, 0.5) is 0 Å². The van der Waals surface area contributed by atoms with Crippen molar-refractivity contribution >= 4 is 23.4 Å². The number of aromatic nitrogens is 2. The van der Waals surface area contributed by atoms with E-state index in [0.29, 0.717) is 35.0 Å². The van der Waals surface area contributed by atoms with Gasteiger partial charge in [0.25, 0.3) is 11.8 Å². The molecule has 0 radical (unpaired) electrons. The minimum absolute atomic E-state index is 0.0775. The molecule has 8 heteroatoms. The summed E-state index contributed by atoms with van der Waals surface area (Å²) in [5.41, 5.74) is 2.67. The van der Waals surface area contributed by atoms with Gasteiger partial charge in [0.05, 0.1) is 30.3 Å². The van der Waals surface area contributed by atoms with Gasteiger partial charge in [0.15, 0.2) is 0 Å². The van der Waals surface area contributed by atoms with Crippen molar-refractivity contribution in [2.45, 2.75) is 19.8 Å². The van der Waals surface area contributed by atoms with Gasteiger partial charge in [0.1, 0.15) is 5.75 Å². The van der Waals surface area contributed by atoms with Gasteiger partial charge in [-0.15, -0.1) is 0 Å². The van der Waals surface area contributed by atoms with Crippen LogP contribution >= 0.6 is 11.6 Å². The predicted octanol–water partition coefficient (Wildman–Crippen LogP) is 3.82. The maximum Gasteiger partial charge on any atom is 0.254 e. The third-order valence-electron chi connectivity index (χ3n) is 4.72. The minimum atomic E-state index is -0.234. The van der Waals surface area contributed by atoms with E-state index in [0.717, 1.165) is 11.4 Å². The highest BCUT2D eigenvalue weighted by Gasteiger charge is 2.20. The fourth-order valence-electron chi connectivity index (χ4n) is 3.17. The number of hydrogen-bond acceptors (Lipinski definition) is 4. The quantitative estimate of drug-likeness (QED) is 0.521. The summed E-state index contributed by atoms with van der Waals surface area (Å²) in [4.78, 5) is 24.9. The first-order valence-electron chi connectivity index (χ1n) is 9.95. The molecule has 1 aromatic heterocycles. The molecule has 162 valence electrons. The smallest absolute Gasteiger partial charge is 0.254 e. The lowest BCUT2D eigenvalue weighted by molar-refractivity contribution is 0.0927. The molecule has 0 saturated heterocycles. The van der Waals surface area contributed by atoms with Gasteiger partial charge in [-0.1, -0.05) is 25.4 Å². The Morgan fingerprint density at radius 1 is 1.00 bits per heavy atom. The molecule has 31 heavy (non-hydrogen) atoms. The molecule has 0 unspecified atom stereocenters. The number of nitrogens with zero attached hydrogens (tertiary/aromatic N) is 2. The Hall–Kier alpha value is -3.32. The molecular weight excluding hydrogens is 416 g/mol. The summed E-state index contributed by atoms with van der Waals surface area (Å²) in [6.45, 7) is 4.62. The number of ether oxygens (including phenoxy) is 1. The summed E-state index contributed by atoms with van der Waals surface area (Å²) in [6.07, 6.45) is 1.56. The van der Waals surface area contributed by atoms with Crippen LogP contribution in [0.1, 0.15) is 46.2 Å². The van der Waals surface area contributed by atoms with Gasteiger partial charge in [-0.25, -0.2) is 4.68 Å². The highest BCUT2D eigenvalue weighted by atomic mass is 35.5. The predicted molar refractivity (Wildman–Crippen MR) is 120 cm³/mol. The molecule has 3 aromatic rings. The lowest BCUT2D eigenvalue weighted by atomic mass is 10.1. The fourth-order valence-corrected chi connectivity index (χ4v) is 3.29. The average Bonchev–Trinajstić information content (AvgIpc) is 3.22. The van der Waals surface area contributed by atoms with E-state index in [1.54, 1.807) is 54.4 Å². The number of amides is 2. The van der Waals surface area contributed by atoms with Crippen molar-refractivity contribution in [2.75, 3.05) is 20.2 Å². The van der Waals surface area contributed by atoms with Crippen molar-refractivity contribution in [3.05, 3.63) is 76.6 Å². The minimum Gasteiger partial charge on any atom is -0.497 e. The number of halogens is 1.